The maximum absolute atomic E-state index is 13.2. The van der Waals surface area contributed by atoms with Crippen molar-refractivity contribution in [3.05, 3.63) is 96.5 Å². The minimum atomic E-state index is -0.857. The first kappa shape index (κ1) is 26.8. The Labute approximate surface area is 230 Å². The SMILES string of the molecule is COc1cc(/C=C2\C(=O)NC(=O)N(c3ccc(Br)c(C)c3)C2=O)cc(Cl)c1OCc1ccc([N+](=O)[O-])cc1. The van der Waals surface area contributed by atoms with E-state index in [1.165, 1.54) is 37.5 Å². The summed E-state index contributed by atoms with van der Waals surface area (Å²) in [5.41, 5.74) is 1.80. The molecule has 1 aliphatic rings. The highest BCUT2D eigenvalue weighted by Crippen LogP contribution is 2.38. The van der Waals surface area contributed by atoms with E-state index in [9.17, 15) is 24.5 Å². The number of benzene rings is 3. The standard InChI is InChI=1S/C26H19BrClN3O7/c1-14-9-18(7-8-20(14)27)30-25(33)19(24(32)29-26(30)34)10-16-11-21(28)23(22(12-16)37-2)38-13-15-3-5-17(6-4-15)31(35)36/h3-12H,13H2,1-2H3,(H,29,32,34)/b19-10+. The van der Waals surface area contributed by atoms with Crippen LogP contribution in [0.3, 0.4) is 0 Å². The number of nitro benzene ring substituents is 1. The molecule has 0 saturated carbocycles. The second-order valence-electron chi connectivity index (χ2n) is 8.14. The third-order valence-electron chi connectivity index (χ3n) is 5.59. The monoisotopic (exact) mass is 599 g/mol. The van der Waals surface area contributed by atoms with Gasteiger partial charge in [-0.15, -0.1) is 0 Å². The molecule has 0 bridgehead atoms. The largest absolute Gasteiger partial charge is 0.493 e. The van der Waals surface area contributed by atoms with Gasteiger partial charge in [0.1, 0.15) is 12.2 Å². The van der Waals surface area contributed by atoms with Gasteiger partial charge >= 0.3 is 6.03 Å². The van der Waals surface area contributed by atoms with Crippen molar-refractivity contribution in [3.63, 3.8) is 0 Å². The average Bonchev–Trinajstić information content (AvgIpc) is 2.87. The number of imide groups is 2. The van der Waals surface area contributed by atoms with Crippen LogP contribution < -0.4 is 19.7 Å². The highest BCUT2D eigenvalue weighted by atomic mass is 79.9. The fourth-order valence-electron chi connectivity index (χ4n) is 3.66. The van der Waals surface area contributed by atoms with Gasteiger partial charge in [0.25, 0.3) is 17.5 Å². The summed E-state index contributed by atoms with van der Waals surface area (Å²) in [5, 5.41) is 13.2. The molecule has 12 heteroatoms. The van der Waals surface area contributed by atoms with Gasteiger partial charge in [0.05, 0.1) is 22.7 Å². The van der Waals surface area contributed by atoms with Gasteiger partial charge in [0, 0.05) is 16.6 Å². The van der Waals surface area contributed by atoms with E-state index in [4.69, 9.17) is 21.1 Å². The number of hydrogen-bond acceptors (Lipinski definition) is 7. The Kier molecular flexibility index (Phi) is 7.79. The molecule has 0 atom stereocenters. The molecule has 1 aliphatic heterocycles. The van der Waals surface area contributed by atoms with Gasteiger partial charge in [-0.3, -0.25) is 25.0 Å². The lowest BCUT2D eigenvalue weighted by molar-refractivity contribution is -0.384. The van der Waals surface area contributed by atoms with Crippen molar-refractivity contribution in [1.82, 2.24) is 5.32 Å². The first-order valence-corrected chi connectivity index (χ1v) is 12.2. The van der Waals surface area contributed by atoms with Gasteiger partial charge < -0.3 is 9.47 Å². The van der Waals surface area contributed by atoms with Crippen LogP contribution in [0.5, 0.6) is 11.5 Å². The van der Waals surface area contributed by atoms with Gasteiger partial charge in [0.2, 0.25) is 0 Å². The van der Waals surface area contributed by atoms with E-state index < -0.39 is 22.8 Å². The van der Waals surface area contributed by atoms with Crippen molar-refractivity contribution in [1.29, 1.82) is 0 Å². The van der Waals surface area contributed by atoms with Crippen molar-refractivity contribution >= 4 is 62.8 Å². The van der Waals surface area contributed by atoms with Gasteiger partial charge in [0.15, 0.2) is 11.5 Å². The van der Waals surface area contributed by atoms with Crippen LogP contribution in [0.2, 0.25) is 5.02 Å². The molecule has 4 amide bonds. The van der Waals surface area contributed by atoms with Crippen LogP contribution in [0.25, 0.3) is 6.08 Å². The number of barbiturate groups is 1. The number of nitrogens with one attached hydrogen (secondary N) is 1. The van der Waals surface area contributed by atoms with Crippen molar-refractivity contribution in [3.8, 4) is 11.5 Å². The molecule has 194 valence electrons. The van der Waals surface area contributed by atoms with Gasteiger partial charge in [-0.25, -0.2) is 9.69 Å². The van der Waals surface area contributed by atoms with E-state index in [1.54, 1.807) is 37.3 Å². The molecule has 4 rings (SSSR count). The lowest BCUT2D eigenvalue weighted by Crippen LogP contribution is -2.54. The van der Waals surface area contributed by atoms with Crippen molar-refractivity contribution in [2.75, 3.05) is 12.0 Å². The number of anilines is 1. The Balaban J connectivity index is 1.61. The molecule has 3 aromatic rings. The molecule has 0 aliphatic carbocycles. The zero-order valence-electron chi connectivity index (χ0n) is 20.0. The van der Waals surface area contributed by atoms with E-state index in [0.29, 0.717) is 16.8 Å². The van der Waals surface area contributed by atoms with Crippen molar-refractivity contribution in [2.24, 2.45) is 0 Å². The van der Waals surface area contributed by atoms with E-state index in [1.807, 2.05) is 0 Å². The summed E-state index contributed by atoms with van der Waals surface area (Å²) in [4.78, 5) is 49.5. The molecule has 1 fully saturated rings. The maximum atomic E-state index is 13.2. The Hall–Kier alpha value is -4.22. The number of carbonyl (C=O) groups is 3. The zero-order chi connectivity index (χ0) is 27.6. The summed E-state index contributed by atoms with van der Waals surface area (Å²) in [6.07, 6.45) is 1.30. The lowest BCUT2D eigenvalue weighted by atomic mass is 10.1. The lowest BCUT2D eigenvalue weighted by Gasteiger charge is -2.26. The van der Waals surface area contributed by atoms with Crippen LogP contribution in [-0.4, -0.2) is 29.9 Å². The van der Waals surface area contributed by atoms with Crippen molar-refractivity contribution in [2.45, 2.75) is 13.5 Å². The fourth-order valence-corrected chi connectivity index (χ4v) is 4.18. The van der Waals surface area contributed by atoms with Crippen LogP contribution in [0.4, 0.5) is 16.2 Å². The molecule has 0 spiro atoms. The normalized spacial score (nSPS) is 14.5. The van der Waals surface area contributed by atoms with E-state index >= 15 is 0 Å². The molecule has 0 unspecified atom stereocenters. The minimum Gasteiger partial charge on any atom is -0.493 e. The number of methoxy groups -OCH3 is 1. The maximum Gasteiger partial charge on any atom is 0.335 e. The molecule has 38 heavy (non-hydrogen) atoms. The molecule has 10 nitrogen and oxygen atoms in total. The Morgan fingerprint density at radius 3 is 2.45 bits per heavy atom. The zero-order valence-corrected chi connectivity index (χ0v) is 22.3. The molecular formula is C26H19BrClN3O7. The average molecular weight is 601 g/mol. The van der Waals surface area contributed by atoms with Gasteiger partial charge in [-0.05, 0) is 72.2 Å². The molecule has 1 heterocycles. The number of amides is 4. The summed E-state index contributed by atoms with van der Waals surface area (Å²) in [6.45, 7) is 1.86. The second-order valence-corrected chi connectivity index (χ2v) is 9.40. The number of hydrogen-bond donors (Lipinski definition) is 1. The highest BCUT2D eigenvalue weighted by Gasteiger charge is 2.37. The van der Waals surface area contributed by atoms with Crippen LogP contribution in [0.1, 0.15) is 16.7 Å². The molecule has 3 aromatic carbocycles. The third kappa shape index (κ3) is 5.53. The number of ether oxygens (including phenoxy) is 2. The van der Waals surface area contributed by atoms with Crippen LogP contribution >= 0.6 is 27.5 Å². The van der Waals surface area contributed by atoms with E-state index in [-0.39, 0.29) is 34.4 Å². The quantitative estimate of drug-likeness (QED) is 0.162. The summed E-state index contributed by atoms with van der Waals surface area (Å²) >= 11 is 9.82. The van der Waals surface area contributed by atoms with E-state index in [2.05, 4.69) is 21.2 Å². The molecule has 1 saturated heterocycles. The second kappa shape index (κ2) is 11.0. The third-order valence-corrected chi connectivity index (χ3v) is 6.77. The Morgan fingerprint density at radius 1 is 1.11 bits per heavy atom. The number of nitro groups is 1. The summed E-state index contributed by atoms with van der Waals surface area (Å²) in [7, 11) is 1.40. The topological polar surface area (TPSA) is 128 Å². The van der Waals surface area contributed by atoms with Gasteiger partial charge in [-0.1, -0.05) is 27.5 Å². The van der Waals surface area contributed by atoms with E-state index in [0.717, 1.165) is 14.9 Å². The number of urea groups is 1. The predicted molar refractivity (Wildman–Crippen MR) is 143 cm³/mol. The van der Waals surface area contributed by atoms with Crippen LogP contribution in [0, 0.1) is 17.0 Å². The highest BCUT2D eigenvalue weighted by molar-refractivity contribution is 9.10. The van der Waals surface area contributed by atoms with Crippen LogP contribution in [0.15, 0.2) is 64.6 Å². The molecule has 0 aromatic heterocycles. The number of nitrogens with zero attached hydrogens (tertiary/aromatic N) is 2. The molecule has 1 N–H and O–H groups in total. The smallest absolute Gasteiger partial charge is 0.335 e. The Morgan fingerprint density at radius 2 is 1.82 bits per heavy atom. The summed E-state index contributed by atoms with van der Waals surface area (Å²) in [6, 6.07) is 12.9. The number of halogens is 2. The van der Waals surface area contributed by atoms with Gasteiger partial charge in [-0.2, -0.15) is 0 Å². The number of rotatable bonds is 7. The summed E-state index contributed by atoms with van der Waals surface area (Å²) in [5.74, 6) is -1.21. The molecular weight excluding hydrogens is 582 g/mol. The first-order chi connectivity index (χ1) is 18.1. The number of carbonyl (C=O) groups excluding carboxylic acids is 3. The number of non-ortho nitro benzene ring substituents is 1. The van der Waals surface area contributed by atoms with Crippen LogP contribution in [-0.2, 0) is 16.2 Å². The van der Waals surface area contributed by atoms with Crippen molar-refractivity contribution < 1.29 is 28.8 Å². The Bertz CT molecular complexity index is 1510. The predicted octanol–water partition coefficient (Wildman–Crippen LogP) is 5.57. The molecule has 0 radical (unpaired) electrons. The fraction of sp³-hybridized carbons (Fsp3) is 0.115. The summed E-state index contributed by atoms with van der Waals surface area (Å²) < 4.78 is 12.0. The first-order valence-electron chi connectivity index (χ1n) is 11.0. The minimum absolute atomic E-state index is 0.0430. The number of aryl methyl sites for hydroxylation is 1.